The molecule has 2 aromatic carbocycles. The van der Waals surface area contributed by atoms with Crippen LogP contribution in [-0.2, 0) is 6.42 Å². The molecule has 1 N–H and O–H groups in total. The van der Waals surface area contributed by atoms with E-state index in [-0.39, 0.29) is 5.75 Å². The van der Waals surface area contributed by atoms with Gasteiger partial charge in [-0.1, -0.05) is 24.3 Å². The Morgan fingerprint density at radius 3 is 2.69 bits per heavy atom. The van der Waals surface area contributed by atoms with Crippen molar-refractivity contribution in [1.82, 2.24) is 0 Å². The first-order chi connectivity index (χ1) is 7.79. The number of benzene rings is 2. The molecule has 3 rings (SSSR count). The van der Waals surface area contributed by atoms with Gasteiger partial charge in [-0.05, 0) is 40.8 Å². The molecule has 2 nitrogen and oxygen atoms in total. The average molecular weight is 212 g/mol. The Morgan fingerprint density at radius 2 is 1.88 bits per heavy atom. The maximum Gasteiger partial charge on any atom is 0.161 e. The highest BCUT2D eigenvalue weighted by Crippen LogP contribution is 2.41. The lowest BCUT2D eigenvalue weighted by molar-refractivity contribution is 0.373. The number of rotatable bonds is 1. The number of phenols is 1. The second-order valence-electron chi connectivity index (χ2n) is 4.02. The van der Waals surface area contributed by atoms with E-state index in [0.29, 0.717) is 5.75 Å². The maximum atomic E-state index is 9.73. The van der Waals surface area contributed by atoms with Crippen LogP contribution in [0.3, 0.4) is 0 Å². The third-order valence-corrected chi connectivity index (χ3v) is 3.09. The molecular weight excluding hydrogens is 200 g/mol. The predicted molar refractivity (Wildman–Crippen MR) is 62.9 cm³/mol. The second-order valence-corrected chi connectivity index (χ2v) is 4.02. The van der Waals surface area contributed by atoms with Crippen LogP contribution in [-0.4, -0.2) is 12.2 Å². The maximum absolute atomic E-state index is 9.73. The van der Waals surface area contributed by atoms with Gasteiger partial charge in [-0.2, -0.15) is 0 Å². The van der Waals surface area contributed by atoms with Gasteiger partial charge in [0.1, 0.15) is 0 Å². The van der Waals surface area contributed by atoms with Gasteiger partial charge in [0.25, 0.3) is 0 Å². The van der Waals surface area contributed by atoms with Gasteiger partial charge in [0, 0.05) is 0 Å². The number of phenolic OH excluding ortho intramolecular Hbond substituents is 1. The van der Waals surface area contributed by atoms with Gasteiger partial charge in [0.2, 0.25) is 0 Å². The molecule has 1 aliphatic carbocycles. The number of aromatic hydroxyl groups is 1. The lowest BCUT2D eigenvalue weighted by atomic mass is 10.1. The summed E-state index contributed by atoms with van der Waals surface area (Å²) in [6.07, 6.45) is 0.892. The minimum absolute atomic E-state index is 0.217. The van der Waals surface area contributed by atoms with Gasteiger partial charge in [-0.25, -0.2) is 0 Å². The fourth-order valence-corrected chi connectivity index (χ4v) is 2.31. The fourth-order valence-electron chi connectivity index (χ4n) is 2.31. The lowest BCUT2D eigenvalue weighted by Gasteiger charge is -2.06. The minimum atomic E-state index is 0.217. The third kappa shape index (κ3) is 1.20. The summed E-state index contributed by atoms with van der Waals surface area (Å²) in [7, 11) is 1.57. The van der Waals surface area contributed by atoms with E-state index in [9.17, 15) is 5.11 Å². The summed E-state index contributed by atoms with van der Waals surface area (Å²) in [4.78, 5) is 0. The van der Waals surface area contributed by atoms with Crippen LogP contribution >= 0.6 is 0 Å². The van der Waals surface area contributed by atoms with E-state index < -0.39 is 0 Å². The summed E-state index contributed by atoms with van der Waals surface area (Å²) in [6, 6.07) is 12.0. The Labute approximate surface area is 94.1 Å². The van der Waals surface area contributed by atoms with Crippen LogP contribution in [0.2, 0.25) is 0 Å². The topological polar surface area (TPSA) is 29.5 Å². The second kappa shape index (κ2) is 3.27. The van der Waals surface area contributed by atoms with Gasteiger partial charge in [0.15, 0.2) is 11.5 Å². The summed E-state index contributed by atoms with van der Waals surface area (Å²) < 4.78 is 5.14. The van der Waals surface area contributed by atoms with Crippen molar-refractivity contribution in [2.75, 3.05) is 7.11 Å². The predicted octanol–water partition coefficient (Wildman–Crippen LogP) is 2.97. The average Bonchev–Trinajstić information content (AvgIpc) is 2.65. The van der Waals surface area contributed by atoms with E-state index in [4.69, 9.17) is 4.74 Å². The van der Waals surface area contributed by atoms with Crippen LogP contribution in [0.15, 0.2) is 36.4 Å². The molecule has 0 bridgehead atoms. The van der Waals surface area contributed by atoms with Crippen molar-refractivity contribution in [1.29, 1.82) is 0 Å². The largest absolute Gasteiger partial charge is 0.504 e. The van der Waals surface area contributed by atoms with Crippen molar-refractivity contribution >= 4 is 0 Å². The molecule has 0 heterocycles. The monoisotopic (exact) mass is 212 g/mol. The Hall–Kier alpha value is -1.96. The first-order valence-electron chi connectivity index (χ1n) is 5.28. The Morgan fingerprint density at radius 1 is 1.06 bits per heavy atom. The molecule has 0 fully saturated rings. The van der Waals surface area contributed by atoms with E-state index in [1.807, 2.05) is 18.2 Å². The molecule has 0 saturated heterocycles. The highest BCUT2D eigenvalue weighted by atomic mass is 16.5. The van der Waals surface area contributed by atoms with E-state index in [1.165, 1.54) is 22.3 Å². The van der Waals surface area contributed by atoms with Crippen molar-refractivity contribution in [2.24, 2.45) is 0 Å². The molecule has 2 heteroatoms. The highest BCUT2D eigenvalue weighted by molar-refractivity contribution is 5.79. The van der Waals surface area contributed by atoms with Crippen molar-refractivity contribution in [2.45, 2.75) is 6.42 Å². The number of hydrogen-bond acceptors (Lipinski definition) is 2. The summed E-state index contributed by atoms with van der Waals surface area (Å²) in [5.74, 6) is 0.754. The number of fused-ring (bicyclic) bond motifs is 3. The molecule has 0 amide bonds. The first kappa shape index (κ1) is 9.28. The smallest absolute Gasteiger partial charge is 0.161 e. The highest BCUT2D eigenvalue weighted by Gasteiger charge is 2.20. The molecule has 16 heavy (non-hydrogen) atoms. The molecule has 1 aliphatic rings. The van der Waals surface area contributed by atoms with Crippen molar-refractivity contribution in [3.63, 3.8) is 0 Å². The van der Waals surface area contributed by atoms with E-state index >= 15 is 0 Å². The van der Waals surface area contributed by atoms with Crippen LogP contribution in [0.1, 0.15) is 11.1 Å². The van der Waals surface area contributed by atoms with Crippen molar-refractivity contribution in [3.05, 3.63) is 47.5 Å². The van der Waals surface area contributed by atoms with Gasteiger partial charge < -0.3 is 9.84 Å². The molecule has 2 aromatic rings. The standard InChI is InChI=1S/C14H12O2/c1-16-14-8-12-10(7-13(14)15)6-9-4-2-3-5-11(9)12/h2-5,7-8,15H,6H2,1H3. The molecule has 0 unspecified atom stereocenters. The van der Waals surface area contributed by atoms with Gasteiger partial charge in [-0.3, -0.25) is 0 Å². The van der Waals surface area contributed by atoms with E-state index in [1.54, 1.807) is 13.2 Å². The molecule has 0 aliphatic heterocycles. The van der Waals surface area contributed by atoms with Gasteiger partial charge in [-0.15, -0.1) is 0 Å². The molecule has 80 valence electrons. The van der Waals surface area contributed by atoms with Crippen LogP contribution < -0.4 is 4.74 Å². The van der Waals surface area contributed by atoms with Crippen LogP contribution in [0.25, 0.3) is 11.1 Å². The van der Waals surface area contributed by atoms with Gasteiger partial charge >= 0.3 is 0 Å². The molecule has 0 saturated carbocycles. The quantitative estimate of drug-likeness (QED) is 0.672. The molecule has 0 atom stereocenters. The third-order valence-electron chi connectivity index (χ3n) is 3.09. The Bertz CT molecular complexity index is 559. The zero-order valence-corrected chi connectivity index (χ0v) is 9.03. The number of ether oxygens (including phenoxy) is 1. The summed E-state index contributed by atoms with van der Waals surface area (Å²) in [5.41, 5.74) is 4.89. The Balaban J connectivity index is 2.24. The molecule has 0 spiro atoms. The first-order valence-corrected chi connectivity index (χ1v) is 5.28. The summed E-state index contributed by atoms with van der Waals surface area (Å²) in [6.45, 7) is 0. The Kier molecular flexibility index (Phi) is 1.90. The molecular formula is C14H12O2. The molecule has 0 radical (unpaired) electrons. The SMILES string of the molecule is COc1cc2c(cc1O)Cc1ccccc1-2. The number of methoxy groups -OCH3 is 1. The number of hydrogen-bond donors (Lipinski definition) is 1. The van der Waals surface area contributed by atoms with E-state index in [0.717, 1.165) is 6.42 Å². The van der Waals surface area contributed by atoms with Crippen molar-refractivity contribution in [3.8, 4) is 22.6 Å². The minimum Gasteiger partial charge on any atom is -0.504 e. The normalized spacial score (nSPS) is 12.1. The summed E-state index contributed by atoms with van der Waals surface area (Å²) in [5, 5.41) is 9.73. The zero-order valence-electron chi connectivity index (χ0n) is 9.03. The van der Waals surface area contributed by atoms with Crippen LogP contribution in [0, 0.1) is 0 Å². The van der Waals surface area contributed by atoms with Crippen LogP contribution in [0.4, 0.5) is 0 Å². The zero-order chi connectivity index (χ0) is 11.1. The van der Waals surface area contributed by atoms with Crippen molar-refractivity contribution < 1.29 is 9.84 Å². The summed E-state index contributed by atoms with van der Waals surface area (Å²) >= 11 is 0. The lowest BCUT2D eigenvalue weighted by Crippen LogP contribution is -1.86. The van der Waals surface area contributed by atoms with Gasteiger partial charge in [0.05, 0.1) is 7.11 Å². The van der Waals surface area contributed by atoms with E-state index in [2.05, 4.69) is 12.1 Å². The molecule has 0 aromatic heterocycles. The fraction of sp³-hybridized carbons (Fsp3) is 0.143. The van der Waals surface area contributed by atoms with Crippen LogP contribution in [0.5, 0.6) is 11.5 Å².